The fourth-order valence-corrected chi connectivity index (χ4v) is 1.68. The minimum absolute atomic E-state index is 0.199. The molecule has 0 amide bonds. The maximum atomic E-state index is 6.13. The molecule has 0 spiro atoms. The molecule has 1 aliphatic rings. The van der Waals surface area contributed by atoms with E-state index in [9.17, 15) is 0 Å². The van der Waals surface area contributed by atoms with Crippen LogP contribution in [0.2, 0.25) is 0 Å². The fourth-order valence-electron chi connectivity index (χ4n) is 1.68. The SMILES string of the molecule is C=NN/C=C\C=N/C(C)C(C)C(N)=C1CCC1. The van der Waals surface area contributed by atoms with Crippen molar-refractivity contribution in [3.63, 3.8) is 0 Å². The lowest BCUT2D eigenvalue weighted by atomic mass is 9.85. The second kappa shape index (κ2) is 6.89. The van der Waals surface area contributed by atoms with Gasteiger partial charge in [-0.1, -0.05) is 12.5 Å². The van der Waals surface area contributed by atoms with Crippen LogP contribution in [0.25, 0.3) is 0 Å². The number of hydrogen-bond donors (Lipinski definition) is 2. The van der Waals surface area contributed by atoms with Gasteiger partial charge in [-0.2, -0.15) is 5.10 Å². The number of nitrogens with zero attached hydrogens (tertiary/aromatic N) is 2. The summed E-state index contributed by atoms with van der Waals surface area (Å²) in [6.07, 6.45) is 8.86. The Morgan fingerprint density at radius 2 is 2.18 bits per heavy atom. The van der Waals surface area contributed by atoms with Gasteiger partial charge in [-0.3, -0.25) is 10.4 Å². The summed E-state index contributed by atoms with van der Waals surface area (Å²) in [6.45, 7) is 7.52. The normalized spacial score (nSPS) is 19.1. The van der Waals surface area contributed by atoms with Crippen molar-refractivity contribution < 1.29 is 0 Å². The predicted molar refractivity (Wildman–Crippen MR) is 74.0 cm³/mol. The molecule has 2 unspecified atom stereocenters. The van der Waals surface area contributed by atoms with Crippen LogP contribution >= 0.6 is 0 Å². The van der Waals surface area contributed by atoms with E-state index in [-0.39, 0.29) is 6.04 Å². The van der Waals surface area contributed by atoms with Crippen molar-refractivity contribution >= 4 is 12.9 Å². The summed E-state index contributed by atoms with van der Waals surface area (Å²) in [6, 6.07) is 0.199. The molecule has 0 aromatic carbocycles. The van der Waals surface area contributed by atoms with E-state index in [1.165, 1.54) is 24.8 Å². The number of aliphatic imine (C=N–C) groups is 1. The number of hydrazone groups is 1. The zero-order valence-electron chi connectivity index (χ0n) is 10.7. The second-order valence-electron chi connectivity index (χ2n) is 4.39. The lowest BCUT2D eigenvalue weighted by Crippen LogP contribution is -2.23. The van der Waals surface area contributed by atoms with Gasteiger partial charge in [-0.05, 0) is 32.3 Å². The molecule has 0 heterocycles. The van der Waals surface area contributed by atoms with Crippen LogP contribution in [0.4, 0.5) is 0 Å². The van der Waals surface area contributed by atoms with E-state index < -0.39 is 0 Å². The monoisotopic (exact) mass is 234 g/mol. The van der Waals surface area contributed by atoms with Crippen molar-refractivity contribution in [2.24, 2.45) is 21.7 Å². The number of nitrogens with two attached hydrogens (primary N) is 1. The van der Waals surface area contributed by atoms with Crippen molar-refractivity contribution in [1.29, 1.82) is 0 Å². The highest BCUT2D eigenvalue weighted by Gasteiger charge is 2.20. The molecule has 1 aliphatic carbocycles. The molecule has 4 nitrogen and oxygen atoms in total. The summed E-state index contributed by atoms with van der Waals surface area (Å²) in [5.41, 5.74) is 11.2. The fraction of sp³-hybridized carbons (Fsp3) is 0.538. The van der Waals surface area contributed by atoms with Gasteiger partial charge in [0.1, 0.15) is 0 Å². The van der Waals surface area contributed by atoms with E-state index >= 15 is 0 Å². The average Bonchev–Trinajstić information content (AvgIpc) is 2.25. The molecule has 1 fully saturated rings. The molecule has 3 N–H and O–H groups in total. The van der Waals surface area contributed by atoms with Gasteiger partial charge in [0.25, 0.3) is 0 Å². The van der Waals surface area contributed by atoms with Gasteiger partial charge >= 0.3 is 0 Å². The summed E-state index contributed by atoms with van der Waals surface area (Å²) < 4.78 is 0. The van der Waals surface area contributed by atoms with E-state index in [2.05, 4.69) is 36.1 Å². The van der Waals surface area contributed by atoms with Gasteiger partial charge in [0.05, 0.1) is 6.04 Å². The van der Waals surface area contributed by atoms with E-state index in [1.54, 1.807) is 18.5 Å². The lowest BCUT2D eigenvalue weighted by molar-refractivity contribution is 0.523. The van der Waals surface area contributed by atoms with Crippen LogP contribution in [-0.2, 0) is 0 Å². The molecule has 2 atom stereocenters. The second-order valence-corrected chi connectivity index (χ2v) is 4.39. The molecular formula is C13H22N4. The van der Waals surface area contributed by atoms with Gasteiger partial charge in [0.15, 0.2) is 0 Å². The molecule has 94 valence electrons. The Labute approximate surface area is 103 Å². The molecule has 0 aromatic rings. The smallest absolute Gasteiger partial charge is 0.0551 e. The third kappa shape index (κ3) is 4.06. The van der Waals surface area contributed by atoms with E-state index in [0.717, 1.165) is 5.70 Å². The van der Waals surface area contributed by atoms with Crippen molar-refractivity contribution in [2.45, 2.75) is 39.2 Å². The number of nitrogens with one attached hydrogen (secondary N) is 1. The quantitative estimate of drug-likeness (QED) is 0.546. The first-order valence-electron chi connectivity index (χ1n) is 6.03. The van der Waals surface area contributed by atoms with Crippen molar-refractivity contribution in [3.8, 4) is 0 Å². The molecular weight excluding hydrogens is 212 g/mol. The maximum absolute atomic E-state index is 6.13. The average molecular weight is 234 g/mol. The van der Waals surface area contributed by atoms with Crippen LogP contribution in [0, 0.1) is 5.92 Å². The van der Waals surface area contributed by atoms with E-state index in [4.69, 9.17) is 5.73 Å². The van der Waals surface area contributed by atoms with Gasteiger partial charge < -0.3 is 5.73 Å². The Balaban J connectivity index is 2.46. The molecule has 0 saturated heterocycles. The summed E-state index contributed by atoms with van der Waals surface area (Å²) >= 11 is 0. The molecule has 4 heteroatoms. The summed E-state index contributed by atoms with van der Waals surface area (Å²) in [5.74, 6) is 0.306. The lowest BCUT2D eigenvalue weighted by Gasteiger charge is -2.25. The molecule has 1 rings (SSSR count). The summed E-state index contributed by atoms with van der Waals surface area (Å²) in [7, 11) is 0. The first-order chi connectivity index (χ1) is 8.16. The van der Waals surface area contributed by atoms with Crippen LogP contribution in [-0.4, -0.2) is 19.0 Å². The Bertz CT molecular complexity index is 335. The molecule has 0 radical (unpaired) electrons. The first kappa shape index (κ1) is 13.5. The topological polar surface area (TPSA) is 62.8 Å². The van der Waals surface area contributed by atoms with Crippen LogP contribution in [0.3, 0.4) is 0 Å². The van der Waals surface area contributed by atoms with Crippen LogP contribution in [0.1, 0.15) is 33.1 Å². The van der Waals surface area contributed by atoms with Crippen LogP contribution in [0.15, 0.2) is 33.6 Å². The number of rotatable bonds is 6. The minimum Gasteiger partial charge on any atom is -0.402 e. The van der Waals surface area contributed by atoms with Crippen LogP contribution < -0.4 is 11.2 Å². The first-order valence-corrected chi connectivity index (χ1v) is 6.03. The van der Waals surface area contributed by atoms with E-state index in [1.807, 2.05) is 0 Å². The highest BCUT2D eigenvalue weighted by Crippen LogP contribution is 2.30. The van der Waals surface area contributed by atoms with Gasteiger partial charge in [-0.25, -0.2) is 0 Å². The third-order valence-electron chi connectivity index (χ3n) is 3.25. The highest BCUT2D eigenvalue weighted by atomic mass is 15.3. The van der Waals surface area contributed by atoms with Gasteiger partial charge in [0, 0.05) is 30.7 Å². The van der Waals surface area contributed by atoms with Gasteiger partial charge in [0.2, 0.25) is 0 Å². The maximum Gasteiger partial charge on any atom is 0.0551 e. The Hall–Kier alpha value is -1.58. The molecule has 17 heavy (non-hydrogen) atoms. The Morgan fingerprint density at radius 1 is 1.47 bits per heavy atom. The Kier molecular flexibility index (Phi) is 5.46. The molecule has 0 aliphatic heterocycles. The largest absolute Gasteiger partial charge is 0.402 e. The van der Waals surface area contributed by atoms with Crippen LogP contribution in [0.5, 0.6) is 0 Å². The molecule has 0 bridgehead atoms. The van der Waals surface area contributed by atoms with Crippen molar-refractivity contribution in [2.75, 3.05) is 0 Å². The van der Waals surface area contributed by atoms with E-state index in [0.29, 0.717) is 5.92 Å². The molecule has 0 aromatic heterocycles. The Morgan fingerprint density at radius 3 is 2.71 bits per heavy atom. The summed E-state index contributed by atoms with van der Waals surface area (Å²) in [4.78, 5) is 4.43. The zero-order chi connectivity index (χ0) is 12.7. The predicted octanol–water partition coefficient (Wildman–Crippen LogP) is 2.20. The van der Waals surface area contributed by atoms with Gasteiger partial charge in [-0.15, -0.1) is 0 Å². The number of hydrogen-bond acceptors (Lipinski definition) is 4. The number of allylic oxidation sites excluding steroid dienone is 2. The van der Waals surface area contributed by atoms with Crippen molar-refractivity contribution in [1.82, 2.24) is 5.43 Å². The minimum atomic E-state index is 0.199. The standard InChI is InChI=1S/C13H22N4/c1-10(13(14)12-6-4-7-12)11(2)16-8-5-9-17-15-3/h5,8-11,17H,3-4,6-7,14H2,1-2H3/b9-5-,16-8-. The summed E-state index contributed by atoms with van der Waals surface area (Å²) in [5, 5.41) is 3.48. The third-order valence-corrected chi connectivity index (χ3v) is 3.25. The highest BCUT2D eigenvalue weighted by molar-refractivity contribution is 5.71. The van der Waals surface area contributed by atoms with Crippen molar-refractivity contribution in [3.05, 3.63) is 23.5 Å². The zero-order valence-corrected chi connectivity index (χ0v) is 10.7. The molecule has 1 saturated carbocycles.